The fourth-order valence-corrected chi connectivity index (χ4v) is 3.48. The molecule has 21 heavy (non-hydrogen) atoms. The molecule has 0 bridgehead atoms. The van der Waals surface area contributed by atoms with Crippen LogP contribution in [0.25, 0.3) is 10.9 Å². The molecule has 2 N–H and O–H groups in total. The van der Waals surface area contributed by atoms with Crippen molar-refractivity contribution >= 4 is 22.3 Å². The molecular weight excluding hydrogens is 258 g/mol. The Balaban J connectivity index is 2.08. The fourth-order valence-electron chi connectivity index (χ4n) is 3.48. The van der Waals surface area contributed by atoms with Crippen LogP contribution >= 0.6 is 0 Å². The van der Waals surface area contributed by atoms with E-state index in [1.54, 1.807) is 0 Å². The first kappa shape index (κ1) is 14.2. The van der Waals surface area contributed by atoms with E-state index in [-0.39, 0.29) is 0 Å². The number of hydrogen-bond acceptors (Lipinski definition) is 3. The van der Waals surface area contributed by atoms with Crippen molar-refractivity contribution in [2.24, 2.45) is 5.92 Å². The molecule has 1 saturated carbocycles. The second-order valence-corrected chi connectivity index (χ2v) is 6.56. The van der Waals surface area contributed by atoms with E-state index in [9.17, 15) is 0 Å². The van der Waals surface area contributed by atoms with Gasteiger partial charge in [-0.15, -0.1) is 0 Å². The first-order valence-corrected chi connectivity index (χ1v) is 8.06. The zero-order valence-electron chi connectivity index (χ0n) is 13.0. The van der Waals surface area contributed by atoms with Crippen molar-refractivity contribution in [3.63, 3.8) is 0 Å². The van der Waals surface area contributed by atoms with Crippen LogP contribution in [0.2, 0.25) is 0 Å². The average Bonchev–Trinajstić information content (AvgIpc) is 3.00. The van der Waals surface area contributed by atoms with Gasteiger partial charge >= 0.3 is 0 Å². The van der Waals surface area contributed by atoms with Crippen LogP contribution in [0.3, 0.4) is 0 Å². The average molecular weight is 283 g/mol. The second kappa shape index (κ2) is 5.92. The van der Waals surface area contributed by atoms with Gasteiger partial charge in [-0.2, -0.15) is 0 Å². The van der Waals surface area contributed by atoms with Gasteiger partial charge in [0.05, 0.1) is 11.2 Å². The van der Waals surface area contributed by atoms with E-state index in [0.29, 0.717) is 12.0 Å². The lowest BCUT2D eigenvalue weighted by Crippen LogP contribution is -2.36. The summed E-state index contributed by atoms with van der Waals surface area (Å²) in [5, 5.41) is 1.19. The maximum absolute atomic E-state index is 6.10. The number of fused-ring (bicyclic) bond motifs is 1. The number of hydrogen-bond donors (Lipinski definition) is 1. The van der Waals surface area contributed by atoms with Crippen molar-refractivity contribution in [1.29, 1.82) is 0 Å². The molecule has 0 aliphatic heterocycles. The molecule has 3 heteroatoms. The summed E-state index contributed by atoms with van der Waals surface area (Å²) in [5.74, 6) is 0.648. The largest absolute Gasteiger partial charge is 0.397 e. The molecule has 0 amide bonds. The van der Waals surface area contributed by atoms with E-state index in [1.165, 1.54) is 36.8 Å². The molecule has 1 aliphatic rings. The van der Waals surface area contributed by atoms with Gasteiger partial charge < -0.3 is 10.6 Å². The van der Waals surface area contributed by atoms with Gasteiger partial charge in [0.2, 0.25) is 0 Å². The first-order valence-electron chi connectivity index (χ1n) is 8.06. The summed E-state index contributed by atoms with van der Waals surface area (Å²) in [7, 11) is 0. The lowest BCUT2D eigenvalue weighted by atomic mass is 10.1. The van der Waals surface area contributed by atoms with Crippen LogP contribution in [0.4, 0.5) is 11.4 Å². The highest BCUT2D eigenvalue weighted by Gasteiger charge is 2.25. The van der Waals surface area contributed by atoms with Gasteiger partial charge in [0.15, 0.2) is 0 Å². The highest BCUT2D eigenvalue weighted by molar-refractivity contribution is 5.98. The summed E-state index contributed by atoms with van der Waals surface area (Å²) >= 11 is 0. The molecule has 1 aromatic heterocycles. The van der Waals surface area contributed by atoms with Crippen LogP contribution in [0.1, 0.15) is 39.5 Å². The molecule has 0 spiro atoms. The lowest BCUT2D eigenvalue weighted by molar-refractivity contribution is 0.537. The minimum atomic E-state index is 0.648. The Morgan fingerprint density at radius 2 is 2.00 bits per heavy atom. The molecule has 3 rings (SSSR count). The van der Waals surface area contributed by atoms with Crippen molar-refractivity contribution in [2.75, 3.05) is 17.2 Å². The summed E-state index contributed by atoms with van der Waals surface area (Å²) in [6.07, 6.45) is 7.14. The van der Waals surface area contributed by atoms with E-state index in [0.717, 1.165) is 17.7 Å². The molecule has 1 fully saturated rings. The molecule has 1 aromatic carbocycles. The third kappa shape index (κ3) is 2.82. The second-order valence-electron chi connectivity index (χ2n) is 6.56. The van der Waals surface area contributed by atoms with Crippen molar-refractivity contribution in [3.05, 3.63) is 30.5 Å². The van der Waals surface area contributed by atoms with E-state index in [1.807, 2.05) is 18.3 Å². The van der Waals surface area contributed by atoms with Crippen LogP contribution in [-0.4, -0.2) is 17.6 Å². The zero-order valence-corrected chi connectivity index (χ0v) is 13.0. The molecule has 1 aliphatic carbocycles. The van der Waals surface area contributed by atoms with Gasteiger partial charge in [0, 0.05) is 29.9 Å². The quantitative estimate of drug-likeness (QED) is 0.854. The lowest BCUT2D eigenvalue weighted by Gasteiger charge is -2.33. The van der Waals surface area contributed by atoms with Crippen LogP contribution in [-0.2, 0) is 0 Å². The molecule has 112 valence electrons. The number of nitrogens with two attached hydrogens (primary N) is 1. The SMILES string of the molecule is CC(C)CN(c1ccc(N)c2ncccc12)C1CCCC1. The Labute approximate surface area is 127 Å². The summed E-state index contributed by atoms with van der Waals surface area (Å²) in [6, 6.07) is 9.01. The van der Waals surface area contributed by atoms with Gasteiger partial charge in [-0.05, 0) is 43.0 Å². The Kier molecular flexibility index (Phi) is 4.00. The molecule has 0 radical (unpaired) electrons. The normalized spacial score (nSPS) is 16.0. The number of aromatic nitrogens is 1. The summed E-state index contributed by atoms with van der Waals surface area (Å²) < 4.78 is 0. The molecular formula is C18H25N3. The van der Waals surface area contributed by atoms with Gasteiger partial charge in [0.1, 0.15) is 0 Å². The number of rotatable bonds is 4. The molecule has 3 nitrogen and oxygen atoms in total. The van der Waals surface area contributed by atoms with Crippen molar-refractivity contribution in [2.45, 2.75) is 45.6 Å². The van der Waals surface area contributed by atoms with Crippen LogP contribution in [0.5, 0.6) is 0 Å². The number of nitrogens with zero attached hydrogens (tertiary/aromatic N) is 2. The topological polar surface area (TPSA) is 42.1 Å². The van der Waals surface area contributed by atoms with Gasteiger partial charge in [0.25, 0.3) is 0 Å². The predicted octanol–water partition coefficient (Wildman–Crippen LogP) is 4.22. The monoisotopic (exact) mass is 283 g/mol. The maximum atomic E-state index is 6.10. The number of pyridine rings is 1. The highest BCUT2D eigenvalue weighted by Crippen LogP contribution is 2.35. The standard InChI is InChI=1S/C18H25N3/c1-13(2)12-21(14-6-3-4-7-14)17-10-9-16(19)18-15(17)8-5-11-20-18/h5,8-11,13-14H,3-4,6-7,12,19H2,1-2H3. The van der Waals surface area contributed by atoms with Crippen molar-refractivity contribution in [3.8, 4) is 0 Å². The van der Waals surface area contributed by atoms with E-state index in [4.69, 9.17) is 5.73 Å². The maximum Gasteiger partial charge on any atom is 0.0951 e. The smallest absolute Gasteiger partial charge is 0.0951 e. The van der Waals surface area contributed by atoms with E-state index < -0.39 is 0 Å². The number of benzene rings is 1. The molecule has 1 heterocycles. The van der Waals surface area contributed by atoms with Crippen molar-refractivity contribution in [1.82, 2.24) is 4.98 Å². The minimum Gasteiger partial charge on any atom is -0.397 e. The Bertz CT molecular complexity index is 615. The van der Waals surface area contributed by atoms with Crippen molar-refractivity contribution < 1.29 is 0 Å². The van der Waals surface area contributed by atoms with Crippen LogP contribution < -0.4 is 10.6 Å². The van der Waals surface area contributed by atoms with E-state index >= 15 is 0 Å². The third-order valence-corrected chi connectivity index (χ3v) is 4.41. The molecule has 0 unspecified atom stereocenters. The molecule has 0 saturated heterocycles. The number of anilines is 2. The van der Waals surface area contributed by atoms with E-state index in [2.05, 4.69) is 35.9 Å². The Morgan fingerprint density at radius 3 is 2.71 bits per heavy atom. The Morgan fingerprint density at radius 1 is 1.24 bits per heavy atom. The molecule has 2 aromatic rings. The fraction of sp³-hybridized carbons (Fsp3) is 0.500. The predicted molar refractivity (Wildman–Crippen MR) is 90.6 cm³/mol. The van der Waals surface area contributed by atoms with Crippen LogP contribution in [0.15, 0.2) is 30.5 Å². The number of nitrogen functional groups attached to an aromatic ring is 1. The summed E-state index contributed by atoms with van der Waals surface area (Å²) in [6.45, 7) is 5.68. The minimum absolute atomic E-state index is 0.648. The van der Waals surface area contributed by atoms with Gasteiger partial charge in [-0.3, -0.25) is 4.98 Å². The van der Waals surface area contributed by atoms with Gasteiger partial charge in [-0.25, -0.2) is 0 Å². The van der Waals surface area contributed by atoms with Crippen LogP contribution in [0, 0.1) is 5.92 Å². The summed E-state index contributed by atoms with van der Waals surface area (Å²) in [4.78, 5) is 7.08. The van der Waals surface area contributed by atoms with Gasteiger partial charge in [-0.1, -0.05) is 26.7 Å². The Hall–Kier alpha value is -1.77. The summed E-state index contributed by atoms with van der Waals surface area (Å²) in [5.41, 5.74) is 9.10. The third-order valence-electron chi connectivity index (χ3n) is 4.41. The first-order chi connectivity index (χ1) is 10.2. The molecule has 0 atom stereocenters. The zero-order chi connectivity index (χ0) is 14.8. The highest BCUT2D eigenvalue weighted by atomic mass is 15.2.